The summed E-state index contributed by atoms with van der Waals surface area (Å²) in [5, 5.41) is 10.7. The summed E-state index contributed by atoms with van der Waals surface area (Å²) >= 11 is 1.15. The highest BCUT2D eigenvalue weighted by molar-refractivity contribution is 8.00. The van der Waals surface area contributed by atoms with Gasteiger partial charge in [-0.1, -0.05) is 43.8 Å². The van der Waals surface area contributed by atoms with Crippen molar-refractivity contribution in [3.05, 3.63) is 60.6 Å². The van der Waals surface area contributed by atoms with Crippen molar-refractivity contribution in [2.75, 3.05) is 5.32 Å². The number of furan rings is 1. The van der Waals surface area contributed by atoms with Gasteiger partial charge in [0.2, 0.25) is 5.91 Å². The zero-order valence-corrected chi connectivity index (χ0v) is 18.6. The van der Waals surface area contributed by atoms with Crippen LogP contribution in [0.1, 0.15) is 25.2 Å². The van der Waals surface area contributed by atoms with Gasteiger partial charge in [0.1, 0.15) is 5.76 Å². The third-order valence-corrected chi connectivity index (χ3v) is 6.24. The van der Waals surface area contributed by atoms with Crippen LogP contribution >= 0.6 is 11.8 Å². The minimum Gasteiger partial charge on any atom is -0.469 e. The fourth-order valence-corrected chi connectivity index (χ4v) is 4.18. The van der Waals surface area contributed by atoms with Gasteiger partial charge in [-0.3, -0.25) is 9.36 Å². The molecule has 0 aliphatic carbocycles. The number of aromatic nitrogens is 3. The lowest BCUT2D eigenvalue weighted by Crippen LogP contribution is -2.31. The summed E-state index contributed by atoms with van der Waals surface area (Å²) in [5.74, 6) is 0.493. The van der Waals surface area contributed by atoms with Crippen LogP contribution in [-0.2, 0) is 17.5 Å². The number of halogens is 3. The highest BCUT2D eigenvalue weighted by atomic mass is 32.2. The van der Waals surface area contributed by atoms with E-state index in [2.05, 4.69) is 22.1 Å². The number of carbonyl (C=O) groups excluding carboxylic acids is 1. The summed E-state index contributed by atoms with van der Waals surface area (Å²) in [7, 11) is 0. The molecule has 0 bridgehead atoms. The minimum atomic E-state index is -4.58. The molecule has 1 N–H and O–H groups in total. The molecular weight excluding hydrogens is 441 g/mol. The van der Waals surface area contributed by atoms with Crippen molar-refractivity contribution < 1.29 is 22.4 Å². The maximum Gasteiger partial charge on any atom is 0.418 e. The number of carbonyl (C=O) groups is 1. The van der Waals surface area contributed by atoms with Crippen molar-refractivity contribution >= 4 is 23.4 Å². The van der Waals surface area contributed by atoms with Crippen LogP contribution in [-0.4, -0.2) is 25.9 Å². The van der Waals surface area contributed by atoms with Crippen molar-refractivity contribution in [3.8, 4) is 11.4 Å². The van der Waals surface area contributed by atoms with E-state index >= 15 is 0 Å². The molecule has 32 heavy (non-hydrogen) atoms. The molecule has 1 aromatic carbocycles. The predicted molar refractivity (Wildman–Crippen MR) is 117 cm³/mol. The van der Waals surface area contributed by atoms with Crippen molar-refractivity contribution in [3.63, 3.8) is 0 Å². The Bertz CT molecular complexity index is 1100. The van der Waals surface area contributed by atoms with Gasteiger partial charge in [0.05, 0.1) is 28.3 Å². The third kappa shape index (κ3) is 5.07. The van der Waals surface area contributed by atoms with Gasteiger partial charge in [0, 0.05) is 6.54 Å². The molecule has 2 heterocycles. The standard InChI is InChI=1S/C22H23F3N4O2S/c1-5-11-29-19(15-10-12-31-14(15)4)27-28-21(29)32-18(13(2)3)20(30)26-17-9-7-6-8-16(17)22(23,24)25/h5-10,12-13,18H,1,11H2,2-4H3,(H,26,30). The van der Waals surface area contributed by atoms with Gasteiger partial charge in [0.25, 0.3) is 0 Å². The van der Waals surface area contributed by atoms with E-state index in [1.54, 1.807) is 29.9 Å². The highest BCUT2D eigenvalue weighted by Gasteiger charge is 2.35. The smallest absolute Gasteiger partial charge is 0.418 e. The van der Waals surface area contributed by atoms with Crippen molar-refractivity contribution in [1.29, 1.82) is 0 Å². The Labute approximate surface area is 187 Å². The van der Waals surface area contributed by atoms with Crippen LogP contribution in [0.15, 0.2) is 58.8 Å². The van der Waals surface area contributed by atoms with E-state index in [4.69, 9.17) is 4.42 Å². The third-order valence-electron chi connectivity index (χ3n) is 4.71. The van der Waals surface area contributed by atoms with Crippen molar-refractivity contribution in [1.82, 2.24) is 14.8 Å². The zero-order chi connectivity index (χ0) is 23.5. The van der Waals surface area contributed by atoms with E-state index in [-0.39, 0.29) is 11.6 Å². The second-order valence-corrected chi connectivity index (χ2v) is 8.52. The Morgan fingerprint density at radius 1 is 1.28 bits per heavy atom. The number of nitrogens with zero attached hydrogens (tertiary/aromatic N) is 3. The number of rotatable bonds is 8. The number of amides is 1. The maximum atomic E-state index is 13.3. The number of hydrogen-bond donors (Lipinski definition) is 1. The average molecular weight is 465 g/mol. The van der Waals surface area contributed by atoms with E-state index in [0.29, 0.717) is 23.3 Å². The molecule has 0 saturated heterocycles. The zero-order valence-electron chi connectivity index (χ0n) is 17.8. The normalized spacial score (nSPS) is 12.7. The van der Waals surface area contributed by atoms with Gasteiger partial charge in [-0.25, -0.2) is 0 Å². The molecule has 3 aromatic rings. The van der Waals surface area contributed by atoms with Crippen LogP contribution in [0, 0.1) is 12.8 Å². The van der Waals surface area contributed by atoms with Gasteiger partial charge < -0.3 is 9.73 Å². The highest BCUT2D eigenvalue weighted by Crippen LogP contribution is 2.36. The molecule has 3 rings (SSSR count). The Morgan fingerprint density at radius 3 is 2.59 bits per heavy atom. The Balaban J connectivity index is 1.90. The second kappa shape index (κ2) is 9.64. The maximum absolute atomic E-state index is 13.3. The van der Waals surface area contributed by atoms with E-state index < -0.39 is 22.9 Å². The number of alkyl halides is 3. The number of para-hydroxylation sites is 1. The lowest BCUT2D eigenvalue weighted by Gasteiger charge is -2.21. The van der Waals surface area contributed by atoms with Crippen LogP contribution in [0.25, 0.3) is 11.4 Å². The Hall–Kier alpha value is -3.01. The number of nitrogens with one attached hydrogen (secondary N) is 1. The van der Waals surface area contributed by atoms with Crippen LogP contribution < -0.4 is 5.32 Å². The molecule has 170 valence electrons. The molecule has 10 heteroatoms. The molecule has 0 fully saturated rings. The lowest BCUT2D eigenvalue weighted by atomic mass is 10.1. The van der Waals surface area contributed by atoms with Crippen LogP contribution in [0.5, 0.6) is 0 Å². The Kier molecular flexibility index (Phi) is 7.12. The first-order valence-corrected chi connectivity index (χ1v) is 10.7. The van der Waals surface area contributed by atoms with Gasteiger partial charge in [-0.15, -0.1) is 16.8 Å². The quantitative estimate of drug-likeness (QED) is 0.337. The molecule has 1 atom stereocenters. The molecule has 0 aliphatic heterocycles. The van der Waals surface area contributed by atoms with Crippen LogP contribution in [0.4, 0.5) is 18.9 Å². The molecule has 1 amide bonds. The van der Waals surface area contributed by atoms with E-state index in [1.807, 2.05) is 13.8 Å². The predicted octanol–water partition coefficient (Wildman–Crippen LogP) is 5.81. The molecule has 0 saturated carbocycles. The monoisotopic (exact) mass is 464 g/mol. The molecule has 6 nitrogen and oxygen atoms in total. The van der Waals surface area contributed by atoms with Gasteiger partial charge in [-0.2, -0.15) is 13.2 Å². The first kappa shape index (κ1) is 23.6. The molecular formula is C22H23F3N4O2S. The average Bonchev–Trinajstić information content (AvgIpc) is 3.31. The first-order chi connectivity index (χ1) is 15.1. The van der Waals surface area contributed by atoms with Crippen molar-refractivity contribution in [2.45, 2.75) is 43.9 Å². The molecule has 2 aromatic heterocycles. The number of thioether (sulfide) groups is 1. The molecule has 0 radical (unpaired) electrons. The van der Waals surface area contributed by atoms with E-state index in [1.165, 1.54) is 18.2 Å². The largest absolute Gasteiger partial charge is 0.469 e. The number of anilines is 1. The fourth-order valence-electron chi connectivity index (χ4n) is 3.13. The van der Waals surface area contributed by atoms with Gasteiger partial charge in [0.15, 0.2) is 11.0 Å². The number of aryl methyl sites for hydroxylation is 1. The SMILES string of the molecule is C=CCn1c(SC(C(=O)Nc2ccccc2C(F)(F)F)C(C)C)nnc1-c1ccoc1C. The van der Waals surface area contributed by atoms with Crippen molar-refractivity contribution in [2.24, 2.45) is 5.92 Å². The lowest BCUT2D eigenvalue weighted by molar-refractivity contribution is -0.137. The van der Waals surface area contributed by atoms with E-state index in [9.17, 15) is 18.0 Å². The van der Waals surface area contributed by atoms with Crippen LogP contribution in [0.2, 0.25) is 0 Å². The Morgan fingerprint density at radius 2 is 2.00 bits per heavy atom. The topological polar surface area (TPSA) is 73.0 Å². The summed E-state index contributed by atoms with van der Waals surface area (Å²) < 4.78 is 47.1. The summed E-state index contributed by atoms with van der Waals surface area (Å²) in [6.45, 7) is 9.60. The number of benzene rings is 1. The van der Waals surface area contributed by atoms with E-state index in [0.717, 1.165) is 23.4 Å². The number of hydrogen-bond acceptors (Lipinski definition) is 5. The van der Waals surface area contributed by atoms with Gasteiger partial charge >= 0.3 is 6.18 Å². The molecule has 1 unspecified atom stereocenters. The summed E-state index contributed by atoms with van der Waals surface area (Å²) in [6.07, 6.45) is -1.35. The van der Waals surface area contributed by atoms with Gasteiger partial charge in [-0.05, 0) is 31.0 Å². The first-order valence-electron chi connectivity index (χ1n) is 9.85. The second-order valence-electron chi connectivity index (χ2n) is 7.41. The fraction of sp³-hybridized carbons (Fsp3) is 0.318. The van der Waals surface area contributed by atoms with Crippen LogP contribution in [0.3, 0.4) is 0 Å². The number of allylic oxidation sites excluding steroid dienone is 1. The summed E-state index contributed by atoms with van der Waals surface area (Å²) in [5.41, 5.74) is -0.414. The molecule has 0 aliphatic rings. The summed E-state index contributed by atoms with van der Waals surface area (Å²) in [4.78, 5) is 13.0. The minimum absolute atomic E-state index is 0.189. The summed E-state index contributed by atoms with van der Waals surface area (Å²) in [6, 6.07) is 6.68. The molecule has 0 spiro atoms.